The summed E-state index contributed by atoms with van der Waals surface area (Å²) in [7, 11) is 0. The maximum absolute atomic E-state index is 13.0. The molecule has 1 aliphatic heterocycles. The zero-order valence-corrected chi connectivity index (χ0v) is 9.02. The van der Waals surface area contributed by atoms with Crippen molar-refractivity contribution in [3.05, 3.63) is 34.6 Å². The van der Waals surface area contributed by atoms with Gasteiger partial charge in [0.2, 0.25) is 0 Å². The fourth-order valence-electron chi connectivity index (χ4n) is 1.91. The highest BCUT2D eigenvalue weighted by Crippen LogP contribution is 2.32. The second-order valence-electron chi connectivity index (χ2n) is 3.91. The average Bonchev–Trinajstić information content (AvgIpc) is 2.23. The Morgan fingerprint density at radius 1 is 1.33 bits per heavy atom. The minimum Gasteiger partial charge on any atom is -0.385 e. The van der Waals surface area contributed by atoms with Gasteiger partial charge in [0, 0.05) is 0 Å². The molecule has 1 saturated heterocycles. The topological polar surface area (TPSA) is 32.3 Å². The SMILES string of the molecule is OC1(c2ccc(F)c(Cl)c2)CCNCC1. The van der Waals surface area contributed by atoms with Gasteiger partial charge in [-0.25, -0.2) is 4.39 Å². The highest BCUT2D eigenvalue weighted by molar-refractivity contribution is 6.30. The van der Waals surface area contributed by atoms with E-state index in [0.29, 0.717) is 18.4 Å². The monoisotopic (exact) mass is 229 g/mol. The minimum atomic E-state index is -0.859. The molecule has 4 heteroatoms. The maximum atomic E-state index is 13.0. The van der Waals surface area contributed by atoms with E-state index in [0.717, 1.165) is 13.1 Å². The van der Waals surface area contributed by atoms with Crippen molar-refractivity contribution in [2.45, 2.75) is 18.4 Å². The van der Waals surface area contributed by atoms with E-state index in [1.54, 1.807) is 6.07 Å². The maximum Gasteiger partial charge on any atom is 0.141 e. The molecule has 2 N–H and O–H groups in total. The Kier molecular flexibility index (Phi) is 2.96. The first-order chi connectivity index (χ1) is 7.12. The Morgan fingerprint density at radius 3 is 2.60 bits per heavy atom. The number of benzene rings is 1. The molecule has 0 aliphatic carbocycles. The summed E-state index contributed by atoms with van der Waals surface area (Å²) in [6, 6.07) is 4.42. The Labute approximate surface area is 93.1 Å². The van der Waals surface area contributed by atoms with Crippen molar-refractivity contribution in [3.63, 3.8) is 0 Å². The van der Waals surface area contributed by atoms with Crippen LogP contribution in [0.15, 0.2) is 18.2 Å². The van der Waals surface area contributed by atoms with Gasteiger partial charge in [0.15, 0.2) is 0 Å². The third-order valence-corrected chi connectivity index (χ3v) is 3.18. The molecule has 2 nitrogen and oxygen atoms in total. The third-order valence-electron chi connectivity index (χ3n) is 2.89. The lowest BCUT2D eigenvalue weighted by atomic mass is 9.85. The summed E-state index contributed by atoms with van der Waals surface area (Å²) in [6.07, 6.45) is 1.27. The Bertz CT molecular complexity index is 364. The molecule has 0 aromatic heterocycles. The molecule has 0 radical (unpaired) electrons. The smallest absolute Gasteiger partial charge is 0.141 e. The summed E-state index contributed by atoms with van der Waals surface area (Å²) in [5, 5.41) is 13.6. The van der Waals surface area contributed by atoms with Crippen LogP contribution < -0.4 is 5.32 Å². The van der Waals surface area contributed by atoms with Crippen molar-refractivity contribution in [1.29, 1.82) is 0 Å². The summed E-state index contributed by atoms with van der Waals surface area (Å²) in [5.41, 5.74) is -0.154. The van der Waals surface area contributed by atoms with Crippen molar-refractivity contribution < 1.29 is 9.50 Å². The van der Waals surface area contributed by atoms with Gasteiger partial charge in [-0.3, -0.25) is 0 Å². The summed E-state index contributed by atoms with van der Waals surface area (Å²) in [5.74, 6) is -0.446. The molecule has 1 aromatic carbocycles. The highest BCUT2D eigenvalue weighted by Gasteiger charge is 2.31. The first kappa shape index (κ1) is 10.9. The number of rotatable bonds is 1. The highest BCUT2D eigenvalue weighted by atomic mass is 35.5. The van der Waals surface area contributed by atoms with Crippen LogP contribution in [0.4, 0.5) is 4.39 Å². The number of hydrogen-bond acceptors (Lipinski definition) is 2. The van der Waals surface area contributed by atoms with Crippen LogP contribution in [0.2, 0.25) is 5.02 Å². The van der Waals surface area contributed by atoms with Gasteiger partial charge < -0.3 is 10.4 Å². The van der Waals surface area contributed by atoms with Crippen molar-refractivity contribution in [3.8, 4) is 0 Å². The number of halogens is 2. The molecule has 82 valence electrons. The Balaban J connectivity index is 2.31. The van der Waals surface area contributed by atoms with E-state index < -0.39 is 11.4 Å². The van der Waals surface area contributed by atoms with Crippen LogP contribution in [0.3, 0.4) is 0 Å². The van der Waals surface area contributed by atoms with Gasteiger partial charge >= 0.3 is 0 Å². The van der Waals surface area contributed by atoms with Gasteiger partial charge in [-0.1, -0.05) is 17.7 Å². The molecular formula is C11H13ClFNO. The zero-order valence-electron chi connectivity index (χ0n) is 8.26. The molecular weight excluding hydrogens is 217 g/mol. The summed E-state index contributed by atoms with van der Waals surface area (Å²) in [6.45, 7) is 1.54. The van der Waals surface area contributed by atoms with Crippen molar-refractivity contribution >= 4 is 11.6 Å². The largest absolute Gasteiger partial charge is 0.385 e. The molecule has 1 fully saturated rings. The molecule has 1 aliphatic rings. The summed E-state index contributed by atoms with van der Waals surface area (Å²) < 4.78 is 13.0. The lowest BCUT2D eigenvalue weighted by Gasteiger charge is -2.33. The van der Waals surface area contributed by atoms with Gasteiger partial charge in [0.05, 0.1) is 10.6 Å². The fourth-order valence-corrected chi connectivity index (χ4v) is 2.10. The van der Waals surface area contributed by atoms with Gasteiger partial charge in [0.1, 0.15) is 5.82 Å². The van der Waals surface area contributed by atoms with Crippen molar-refractivity contribution in [1.82, 2.24) is 5.32 Å². The Hall–Kier alpha value is -0.640. The van der Waals surface area contributed by atoms with Crippen LogP contribution in [-0.4, -0.2) is 18.2 Å². The number of hydrogen-bond donors (Lipinski definition) is 2. The molecule has 2 rings (SSSR count). The van der Waals surface area contributed by atoms with Crippen LogP contribution in [-0.2, 0) is 5.60 Å². The number of nitrogens with one attached hydrogen (secondary N) is 1. The molecule has 0 atom stereocenters. The predicted octanol–water partition coefficient (Wildman–Crippen LogP) is 2.05. The van der Waals surface area contributed by atoms with Crippen LogP contribution in [0.5, 0.6) is 0 Å². The number of aliphatic hydroxyl groups is 1. The summed E-state index contributed by atoms with van der Waals surface area (Å²) >= 11 is 5.69. The van der Waals surface area contributed by atoms with Gasteiger partial charge in [-0.2, -0.15) is 0 Å². The normalized spacial score (nSPS) is 20.2. The van der Waals surface area contributed by atoms with Crippen LogP contribution >= 0.6 is 11.6 Å². The van der Waals surface area contributed by atoms with Crippen LogP contribution in [0.1, 0.15) is 18.4 Å². The molecule has 0 unspecified atom stereocenters. The fraction of sp³-hybridized carbons (Fsp3) is 0.455. The van der Waals surface area contributed by atoms with Crippen molar-refractivity contribution in [2.75, 3.05) is 13.1 Å². The van der Waals surface area contributed by atoms with E-state index >= 15 is 0 Å². The first-order valence-corrected chi connectivity index (χ1v) is 5.38. The zero-order chi connectivity index (χ0) is 10.9. The van der Waals surface area contributed by atoms with Crippen LogP contribution in [0.25, 0.3) is 0 Å². The first-order valence-electron chi connectivity index (χ1n) is 5.00. The third kappa shape index (κ3) is 2.14. The Morgan fingerprint density at radius 2 is 2.00 bits per heavy atom. The van der Waals surface area contributed by atoms with E-state index in [1.807, 2.05) is 0 Å². The molecule has 0 amide bonds. The second-order valence-corrected chi connectivity index (χ2v) is 4.32. The van der Waals surface area contributed by atoms with Gasteiger partial charge in [-0.05, 0) is 43.6 Å². The summed E-state index contributed by atoms with van der Waals surface area (Å²) in [4.78, 5) is 0. The van der Waals surface area contributed by atoms with Gasteiger partial charge in [0.25, 0.3) is 0 Å². The van der Waals surface area contributed by atoms with Gasteiger partial charge in [-0.15, -0.1) is 0 Å². The van der Waals surface area contributed by atoms with E-state index in [4.69, 9.17) is 11.6 Å². The predicted molar refractivity (Wildman–Crippen MR) is 57.4 cm³/mol. The average molecular weight is 230 g/mol. The van der Waals surface area contributed by atoms with E-state index in [9.17, 15) is 9.50 Å². The standard InChI is InChI=1S/C11H13ClFNO/c12-9-7-8(1-2-10(9)13)11(15)3-5-14-6-4-11/h1-2,7,14-15H,3-6H2. The number of piperidine rings is 1. The lowest BCUT2D eigenvalue weighted by molar-refractivity contribution is 0.00590. The molecule has 1 aromatic rings. The molecule has 1 heterocycles. The lowest BCUT2D eigenvalue weighted by Crippen LogP contribution is -2.39. The van der Waals surface area contributed by atoms with Crippen LogP contribution in [0, 0.1) is 5.82 Å². The minimum absolute atomic E-state index is 0.0689. The second kappa shape index (κ2) is 4.08. The van der Waals surface area contributed by atoms with E-state index in [-0.39, 0.29) is 5.02 Å². The van der Waals surface area contributed by atoms with E-state index in [2.05, 4.69) is 5.32 Å². The van der Waals surface area contributed by atoms with Crippen molar-refractivity contribution in [2.24, 2.45) is 0 Å². The molecule has 0 bridgehead atoms. The van der Waals surface area contributed by atoms with E-state index in [1.165, 1.54) is 12.1 Å². The molecule has 0 spiro atoms. The molecule has 15 heavy (non-hydrogen) atoms. The molecule has 0 saturated carbocycles. The quantitative estimate of drug-likeness (QED) is 0.773.